The Morgan fingerprint density at radius 1 is 1.35 bits per heavy atom. The molecule has 0 saturated heterocycles. The first-order valence-electron chi connectivity index (χ1n) is 6.18. The van der Waals surface area contributed by atoms with E-state index in [0.29, 0.717) is 5.75 Å². The van der Waals surface area contributed by atoms with Crippen molar-refractivity contribution in [3.8, 4) is 5.75 Å². The quantitative estimate of drug-likeness (QED) is 0.496. The van der Waals surface area contributed by atoms with Crippen molar-refractivity contribution in [3.63, 3.8) is 0 Å². The molecule has 1 N–H and O–H groups in total. The summed E-state index contributed by atoms with van der Waals surface area (Å²) >= 11 is 5.51. The molecule has 0 amide bonds. The molecule has 0 aliphatic heterocycles. The van der Waals surface area contributed by atoms with Gasteiger partial charge in [-0.25, -0.2) is 4.79 Å². The lowest BCUT2D eigenvalue weighted by Gasteiger charge is -2.23. The number of carboxylic acid groups (broad SMARTS) is 1. The SMILES string of the molecule is CCC(C)(C)c1ccc(O/C(C(=O)O)=C(\Cl)C=O)cc1. The number of aliphatic carboxylic acids is 1. The van der Waals surface area contributed by atoms with Crippen LogP contribution >= 0.6 is 11.6 Å². The summed E-state index contributed by atoms with van der Waals surface area (Å²) in [6, 6.07) is 7.05. The van der Waals surface area contributed by atoms with Crippen LogP contribution in [0, 0.1) is 0 Å². The topological polar surface area (TPSA) is 63.6 Å². The van der Waals surface area contributed by atoms with E-state index >= 15 is 0 Å². The van der Waals surface area contributed by atoms with Crippen LogP contribution in [0.4, 0.5) is 0 Å². The van der Waals surface area contributed by atoms with E-state index in [1.54, 1.807) is 12.1 Å². The minimum Gasteiger partial charge on any atom is -0.475 e. The summed E-state index contributed by atoms with van der Waals surface area (Å²) in [5, 5.41) is 8.46. The number of carbonyl (C=O) groups is 2. The molecule has 108 valence electrons. The molecule has 1 rings (SSSR count). The second kappa shape index (κ2) is 6.57. The maximum atomic E-state index is 11.0. The Balaban J connectivity index is 3.01. The molecule has 0 radical (unpaired) electrons. The van der Waals surface area contributed by atoms with Crippen LogP contribution in [0.5, 0.6) is 5.75 Å². The van der Waals surface area contributed by atoms with Crippen molar-refractivity contribution in [3.05, 3.63) is 40.6 Å². The van der Waals surface area contributed by atoms with Crippen LogP contribution < -0.4 is 4.74 Å². The van der Waals surface area contributed by atoms with Gasteiger partial charge < -0.3 is 9.84 Å². The zero-order chi connectivity index (χ0) is 15.3. The largest absolute Gasteiger partial charge is 0.475 e. The van der Waals surface area contributed by atoms with Crippen LogP contribution in [-0.2, 0) is 15.0 Å². The van der Waals surface area contributed by atoms with E-state index in [-0.39, 0.29) is 11.7 Å². The van der Waals surface area contributed by atoms with Gasteiger partial charge in [0.1, 0.15) is 10.8 Å². The molecule has 0 unspecified atom stereocenters. The number of ether oxygens (including phenoxy) is 1. The fraction of sp³-hybridized carbons (Fsp3) is 0.333. The molecule has 1 aromatic carbocycles. The van der Waals surface area contributed by atoms with Gasteiger partial charge in [0, 0.05) is 0 Å². The Morgan fingerprint density at radius 3 is 2.30 bits per heavy atom. The van der Waals surface area contributed by atoms with Crippen LogP contribution in [0.15, 0.2) is 35.1 Å². The number of rotatable bonds is 6. The van der Waals surface area contributed by atoms with Crippen LogP contribution in [-0.4, -0.2) is 17.4 Å². The van der Waals surface area contributed by atoms with Crippen molar-refractivity contribution in [2.24, 2.45) is 0 Å². The number of hydrogen-bond acceptors (Lipinski definition) is 3. The van der Waals surface area contributed by atoms with Gasteiger partial charge in [0.2, 0.25) is 5.76 Å². The summed E-state index contributed by atoms with van der Waals surface area (Å²) in [5.41, 5.74) is 1.15. The van der Waals surface area contributed by atoms with Crippen LogP contribution in [0.25, 0.3) is 0 Å². The molecule has 0 bridgehead atoms. The number of benzene rings is 1. The van der Waals surface area contributed by atoms with Gasteiger partial charge in [-0.15, -0.1) is 0 Å². The summed E-state index contributed by atoms with van der Waals surface area (Å²) < 4.78 is 5.15. The molecular weight excluding hydrogens is 280 g/mol. The molecule has 1 aromatic rings. The highest BCUT2D eigenvalue weighted by atomic mass is 35.5. The van der Waals surface area contributed by atoms with Gasteiger partial charge in [0.15, 0.2) is 6.29 Å². The summed E-state index contributed by atoms with van der Waals surface area (Å²) in [6.07, 6.45) is 1.21. The summed E-state index contributed by atoms with van der Waals surface area (Å²) in [7, 11) is 0. The first-order valence-corrected chi connectivity index (χ1v) is 6.56. The fourth-order valence-corrected chi connectivity index (χ4v) is 1.66. The van der Waals surface area contributed by atoms with Gasteiger partial charge in [0.25, 0.3) is 0 Å². The molecular formula is C15H17ClO4. The normalized spacial score (nSPS) is 12.6. The van der Waals surface area contributed by atoms with Gasteiger partial charge in [0.05, 0.1) is 0 Å². The molecule has 0 saturated carbocycles. The van der Waals surface area contributed by atoms with Crippen molar-refractivity contribution in [2.75, 3.05) is 0 Å². The first kappa shape index (κ1) is 16.2. The summed E-state index contributed by atoms with van der Waals surface area (Å²) in [6.45, 7) is 6.34. The smallest absolute Gasteiger partial charge is 0.373 e. The maximum Gasteiger partial charge on any atom is 0.373 e. The van der Waals surface area contributed by atoms with E-state index in [1.807, 2.05) is 12.1 Å². The Bertz CT molecular complexity index is 529. The fourth-order valence-electron chi connectivity index (χ4n) is 1.54. The average molecular weight is 297 g/mol. The zero-order valence-corrected chi connectivity index (χ0v) is 12.4. The highest BCUT2D eigenvalue weighted by Crippen LogP contribution is 2.28. The molecule has 4 nitrogen and oxygen atoms in total. The van der Waals surface area contributed by atoms with E-state index in [4.69, 9.17) is 21.4 Å². The van der Waals surface area contributed by atoms with E-state index in [0.717, 1.165) is 12.0 Å². The highest BCUT2D eigenvalue weighted by Gasteiger charge is 2.19. The van der Waals surface area contributed by atoms with Gasteiger partial charge in [-0.05, 0) is 29.5 Å². The lowest BCUT2D eigenvalue weighted by atomic mass is 9.82. The lowest BCUT2D eigenvalue weighted by molar-refractivity contribution is -0.135. The monoisotopic (exact) mass is 296 g/mol. The van der Waals surface area contributed by atoms with E-state index in [2.05, 4.69) is 20.8 Å². The molecule has 0 aliphatic carbocycles. The van der Waals surface area contributed by atoms with Crippen LogP contribution in [0.1, 0.15) is 32.8 Å². The second-order valence-corrected chi connectivity index (χ2v) is 5.37. The zero-order valence-electron chi connectivity index (χ0n) is 11.6. The van der Waals surface area contributed by atoms with Gasteiger partial charge >= 0.3 is 5.97 Å². The third-order valence-electron chi connectivity index (χ3n) is 3.25. The van der Waals surface area contributed by atoms with Crippen molar-refractivity contribution < 1.29 is 19.4 Å². The van der Waals surface area contributed by atoms with E-state index in [9.17, 15) is 9.59 Å². The standard InChI is InChI=1S/C15H17ClO4/c1-4-15(2,3)10-5-7-11(8-6-10)20-13(14(18)19)12(16)9-17/h5-9H,4H2,1-3H3,(H,18,19)/b13-12-. The number of carbonyl (C=O) groups excluding carboxylic acids is 1. The second-order valence-electron chi connectivity index (χ2n) is 4.96. The van der Waals surface area contributed by atoms with Crippen molar-refractivity contribution in [1.29, 1.82) is 0 Å². The molecule has 0 fully saturated rings. The number of allylic oxidation sites excluding steroid dienone is 1. The summed E-state index contributed by atoms with van der Waals surface area (Å²) in [5.74, 6) is -1.65. The third kappa shape index (κ3) is 3.84. The van der Waals surface area contributed by atoms with Crippen molar-refractivity contribution >= 4 is 23.9 Å². The Kier molecular flexibility index (Phi) is 5.34. The van der Waals surface area contributed by atoms with E-state index < -0.39 is 16.8 Å². The molecule has 20 heavy (non-hydrogen) atoms. The Morgan fingerprint density at radius 2 is 1.90 bits per heavy atom. The third-order valence-corrected chi connectivity index (χ3v) is 3.51. The molecule has 0 heterocycles. The van der Waals surface area contributed by atoms with E-state index in [1.165, 1.54) is 0 Å². The van der Waals surface area contributed by atoms with Gasteiger partial charge in [-0.2, -0.15) is 0 Å². The minimum absolute atomic E-state index is 0.0322. The van der Waals surface area contributed by atoms with Crippen LogP contribution in [0.3, 0.4) is 0 Å². The highest BCUT2D eigenvalue weighted by molar-refractivity contribution is 6.40. The number of aldehydes is 1. The molecule has 0 aliphatic rings. The molecule has 5 heteroatoms. The van der Waals surface area contributed by atoms with Gasteiger partial charge in [-0.3, -0.25) is 4.79 Å². The predicted molar refractivity (Wildman–Crippen MR) is 77.0 cm³/mol. The van der Waals surface area contributed by atoms with Crippen LogP contribution in [0.2, 0.25) is 0 Å². The molecule has 0 spiro atoms. The average Bonchev–Trinajstić information content (AvgIpc) is 2.44. The maximum absolute atomic E-state index is 11.0. The predicted octanol–water partition coefficient (Wildman–Crippen LogP) is 3.49. The molecule has 0 aromatic heterocycles. The van der Waals surface area contributed by atoms with Crippen molar-refractivity contribution in [2.45, 2.75) is 32.6 Å². The number of halogens is 1. The number of hydrogen-bond donors (Lipinski definition) is 1. The first-order chi connectivity index (χ1) is 9.31. The Labute approximate surface area is 123 Å². The van der Waals surface area contributed by atoms with Crippen molar-refractivity contribution in [1.82, 2.24) is 0 Å². The van der Waals surface area contributed by atoms with Gasteiger partial charge in [-0.1, -0.05) is 44.5 Å². The Hall–Kier alpha value is -1.81. The lowest BCUT2D eigenvalue weighted by Crippen LogP contribution is -2.15. The number of carboxylic acids is 1. The summed E-state index contributed by atoms with van der Waals surface area (Å²) in [4.78, 5) is 21.5. The minimum atomic E-state index is -1.39. The molecule has 0 atom stereocenters.